The van der Waals surface area contributed by atoms with Crippen LogP contribution in [0.25, 0.3) is 0 Å². The number of amides is 2. The summed E-state index contributed by atoms with van der Waals surface area (Å²) >= 11 is 0. The smallest absolute Gasteiger partial charge is 0.245 e. The third-order valence-electron chi connectivity index (χ3n) is 2.46. The van der Waals surface area contributed by atoms with Crippen LogP contribution in [-0.4, -0.2) is 24.4 Å². The Balaban J connectivity index is 2.28. The molecule has 1 aliphatic rings. The second-order valence-corrected chi connectivity index (χ2v) is 3.49. The third kappa shape index (κ3) is 1.70. The lowest BCUT2D eigenvalue weighted by Gasteiger charge is -2.36. The molecule has 0 saturated carbocycles. The third-order valence-corrected chi connectivity index (χ3v) is 2.46. The molecule has 2 rings (SSSR count). The average molecular weight is 204 g/mol. The number of nitrogens with one attached hydrogen (secondary N) is 1. The minimum absolute atomic E-state index is 0.0888. The molecular weight excluding hydrogens is 192 g/mol. The highest BCUT2D eigenvalue weighted by Gasteiger charge is 2.35. The molecule has 0 aliphatic carbocycles. The fraction of sp³-hybridized carbons (Fsp3) is 0.273. The summed E-state index contributed by atoms with van der Waals surface area (Å²) < 4.78 is 0. The maximum absolute atomic E-state index is 11.5. The van der Waals surface area contributed by atoms with E-state index in [-0.39, 0.29) is 17.9 Å². The Morgan fingerprint density at radius 1 is 1.40 bits per heavy atom. The fourth-order valence-electron chi connectivity index (χ4n) is 1.66. The average Bonchev–Trinajstić information content (AvgIpc) is 2.24. The van der Waals surface area contributed by atoms with E-state index in [4.69, 9.17) is 0 Å². The highest BCUT2D eigenvalue weighted by Crippen LogP contribution is 2.19. The predicted octanol–water partition coefficient (Wildman–Crippen LogP) is 0.538. The van der Waals surface area contributed by atoms with Gasteiger partial charge >= 0.3 is 0 Å². The lowest BCUT2D eigenvalue weighted by atomic mass is 10.1. The molecule has 1 aliphatic heterocycles. The van der Waals surface area contributed by atoms with Gasteiger partial charge in [-0.15, -0.1) is 0 Å². The Labute approximate surface area is 87.9 Å². The van der Waals surface area contributed by atoms with Crippen molar-refractivity contribution in [3.8, 4) is 0 Å². The number of hydrogen-bond donors (Lipinski definition) is 1. The Morgan fingerprint density at radius 3 is 2.47 bits per heavy atom. The summed E-state index contributed by atoms with van der Waals surface area (Å²) in [6.07, 6.45) is 0. The van der Waals surface area contributed by atoms with Crippen molar-refractivity contribution in [2.75, 3.05) is 11.4 Å². The maximum Gasteiger partial charge on any atom is 0.245 e. The molecule has 1 fully saturated rings. The largest absolute Gasteiger partial charge is 0.352 e. The van der Waals surface area contributed by atoms with Gasteiger partial charge in [-0.25, -0.2) is 0 Å². The predicted molar refractivity (Wildman–Crippen MR) is 56.4 cm³/mol. The number of para-hydroxylation sites is 1. The molecule has 0 spiro atoms. The highest BCUT2D eigenvalue weighted by molar-refractivity contribution is 6.02. The van der Waals surface area contributed by atoms with Crippen LogP contribution in [-0.2, 0) is 9.59 Å². The summed E-state index contributed by atoms with van der Waals surface area (Å²) in [5.41, 5.74) is 0.768. The number of β-lactam (4-membered cyclic amide) rings is 1. The standard InChI is InChI=1S/C11H12N2O2/c1-8(14)13(10-7-12-11(10)15)9-5-3-2-4-6-9/h2-6,10H,7H2,1H3,(H,12,15)/t10-/m0/s1. The van der Waals surface area contributed by atoms with Crippen LogP contribution in [0.2, 0.25) is 0 Å². The van der Waals surface area contributed by atoms with E-state index in [1.807, 2.05) is 30.3 Å². The number of benzene rings is 1. The Bertz CT molecular complexity index is 389. The first-order valence-corrected chi connectivity index (χ1v) is 4.82. The molecule has 1 heterocycles. The second kappa shape index (κ2) is 3.73. The zero-order valence-electron chi connectivity index (χ0n) is 8.43. The van der Waals surface area contributed by atoms with Gasteiger partial charge in [0.05, 0.1) is 0 Å². The van der Waals surface area contributed by atoms with Crippen molar-refractivity contribution in [2.45, 2.75) is 13.0 Å². The van der Waals surface area contributed by atoms with E-state index in [1.54, 1.807) is 0 Å². The van der Waals surface area contributed by atoms with Gasteiger partial charge < -0.3 is 5.32 Å². The normalized spacial score (nSPS) is 19.0. The van der Waals surface area contributed by atoms with E-state index in [9.17, 15) is 9.59 Å². The van der Waals surface area contributed by atoms with Crippen LogP contribution in [0.5, 0.6) is 0 Å². The van der Waals surface area contributed by atoms with Gasteiger partial charge in [0.1, 0.15) is 6.04 Å². The van der Waals surface area contributed by atoms with Gasteiger partial charge in [0, 0.05) is 19.2 Å². The quantitative estimate of drug-likeness (QED) is 0.715. The first-order chi connectivity index (χ1) is 7.20. The van der Waals surface area contributed by atoms with E-state index in [0.29, 0.717) is 6.54 Å². The Kier molecular flexibility index (Phi) is 2.41. The number of nitrogens with zero attached hydrogens (tertiary/aromatic N) is 1. The van der Waals surface area contributed by atoms with Crippen molar-refractivity contribution in [1.29, 1.82) is 0 Å². The zero-order valence-corrected chi connectivity index (χ0v) is 8.43. The molecular formula is C11H12N2O2. The molecule has 4 nitrogen and oxygen atoms in total. The van der Waals surface area contributed by atoms with Gasteiger partial charge in [-0.2, -0.15) is 0 Å². The topological polar surface area (TPSA) is 49.4 Å². The van der Waals surface area contributed by atoms with Crippen LogP contribution in [0.1, 0.15) is 6.92 Å². The summed E-state index contributed by atoms with van der Waals surface area (Å²) in [5.74, 6) is -0.199. The molecule has 1 aromatic carbocycles. The summed E-state index contributed by atoms with van der Waals surface area (Å²) in [4.78, 5) is 24.2. The van der Waals surface area contributed by atoms with E-state index < -0.39 is 0 Å². The van der Waals surface area contributed by atoms with Crippen molar-refractivity contribution < 1.29 is 9.59 Å². The summed E-state index contributed by atoms with van der Waals surface area (Å²) in [6, 6.07) is 8.89. The minimum atomic E-state index is -0.343. The molecule has 2 amide bonds. The van der Waals surface area contributed by atoms with Gasteiger partial charge in [0.15, 0.2) is 0 Å². The van der Waals surface area contributed by atoms with E-state index in [0.717, 1.165) is 5.69 Å². The number of carbonyl (C=O) groups is 2. The SMILES string of the molecule is CC(=O)N(c1ccccc1)[C@H]1CNC1=O. The number of carbonyl (C=O) groups excluding carboxylic acids is 2. The Morgan fingerprint density at radius 2 is 2.07 bits per heavy atom. The van der Waals surface area contributed by atoms with Gasteiger partial charge in [-0.05, 0) is 12.1 Å². The van der Waals surface area contributed by atoms with Crippen LogP contribution in [0.15, 0.2) is 30.3 Å². The van der Waals surface area contributed by atoms with Crippen LogP contribution in [0.3, 0.4) is 0 Å². The summed E-state index contributed by atoms with van der Waals surface area (Å²) in [7, 11) is 0. The molecule has 1 atom stereocenters. The lowest BCUT2D eigenvalue weighted by molar-refractivity contribution is -0.130. The molecule has 1 aromatic rings. The number of hydrogen-bond acceptors (Lipinski definition) is 2. The number of anilines is 1. The first-order valence-electron chi connectivity index (χ1n) is 4.82. The Hall–Kier alpha value is -1.84. The van der Waals surface area contributed by atoms with Crippen LogP contribution in [0.4, 0.5) is 5.69 Å². The van der Waals surface area contributed by atoms with Gasteiger partial charge in [0.2, 0.25) is 11.8 Å². The molecule has 0 bridgehead atoms. The molecule has 1 N–H and O–H groups in total. The summed E-state index contributed by atoms with van der Waals surface area (Å²) in [6.45, 7) is 2.01. The zero-order chi connectivity index (χ0) is 10.8. The van der Waals surface area contributed by atoms with Crippen molar-refractivity contribution in [1.82, 2.24) is 5.32 Å². The van der Waals surface area contributed by atoms with E-state index in [2.05, 4.69) is 5.32 Å². The van der Waals surface area contributed by atoms with Gasteiger partial charge in [-0.1, -0.05) is 18.2 Å². The van der Waals surface area contributed by atoms with Crippen LogP contribution in [0, 0.1) is 0 Å². The fourth-order valence-corrected chi connectivity index (χ4v) is 1.66. The summed E-state index contributed by atoms with van der Waals surface area (Å²) in [5, 5.41) is 2.63. The minimum Gasteiger partial charge on any atom is -0.352 e. The van der Waals surface area contributed by atoms with Crippen LogP contribution >= 0.6 is 0 Å². The monoisotopic (exact) mass is 204 g/mol. The van der Waals surface area contributed by atoms with E-state index >= 15 is 0 Å². The second-order valence-electron chi connectivity index (χ2n) is 3.49. The first kappa shape index (κ1) is 9.71. The molecule has 0 aromatic heterocycles. The van der Waals surface area contributed by atoms with Crippen LogP contribution < -0.4 is 10.2 Å². The van der Waals surface area contributed by atoms with Crippen molar-refractivity contribution >= 4 is 17.5 Å². The van der Waals surface area contributed by atoms with Gasteiger partial charge in [-0.3, -0.25) is 14.5 Å². The molecule has 0 unspecified atom stereocenters. The lowest BCUT2D eigenvalue weighted by Crippen LogP contribution is -2.63. The van der Waals surface area contributed by atoms with Crippen molar-refractivity contribution in [2.24, 2.45) is 0 Å². The molecule has 78 valence electrons. The van der Waals surface area contributed by atoms with Crippen molar-refractivity contribution in [3.63, 3.8) is 0 Å². The van der Waals surface area contributed by atoms with Gasteiger partial charge in [0.25, 0.3) is 0 Å². The molecule has 15 heavy (non-hydrogen) atoms. The number of rotatable bonds is 2. The molecule has 0 radical (unpaired) electrons. The highest BCUT2D eigenvalue weighted by atomic mass is 16.2. The van der Waals surface area contributed by atoms with E-state index in [1.165, 1.54) is 11.8 Å². The maximum atomic E-state index is 11.5. The van der Waals surface area contributed by atoms with Crippen molar-refractivity contribution in [3.05, 3.63) is 30.3 Å². The molecule has 4 heteroatoms. The molecule has 1 saturated heterocycles.